The molecular weight excluding hydrogens is 441 g/mol. The number of aromatic nitrogens is 2. The van der Waals surface area contributed by atoms with E-state index in [0.717, 1.165) is 25.4 Å². The van der Waals surface area contributed by atoms with E-state index >= 15 is 0 Å². The Labute approximate surface area is 189 Å². The number of rotatable bonds is 4. The number of phenolic OH excluding ortho intramolecular Hbond substituents is 1. The number of halogens is 4. The van der Waals surface area contributed by atoms with Crippen molar-refractivity contribution in [3.05, 3.63) is 52.8 Å². The first-order chi connectivity index (χ1) is 15.1. The third kappa shape index (κ3) is 4.91. The van der Waals surface area contributed by atoms with Gasteiger partial charge in [0.2, 0.25) is 0 Å². The Morgan fingerprint density at radius 3 is 2.53 bits per heavy atom. The van der Waals surface area contributed by atoms with Crippen LogP contribution in [0.4, 0.5) is 24.5 Å². The minimum atomic E-state index is -4.50. The molecule has 2 aromatic heterocycles. The van der Waals surface area contributed by atoms with E-state index in [1.807, 2.05) is 0 Å². The summed E-state index contributed by atoms with van der Waals surface area (Å²) in [5, 5.41) is 14.4. The van der Waals surface area contributed by atoms with E-state index in [2.05, 4.69) is 34.0 Å². The van der Waals surface area contributed by atoms with Gasteiger partial charge >= 0.3 is 6.18 Å². The lowest BCUT2D eigenvalue weighted by Gasteiger charge is -2.35. The molecule has 2 unspecified atom stereocenters. The number of alkyl halides is 3. The van der Waals surface area contributed by atoms with Crippen molar-refractivity contribution in [3.8, 4) is 5.75 Å². The van der Waals surface area contributed by atoms with E-state index in [1.54, 1.807) is 18.2 Å². The maximum absolute atomic E-state index is 13.0. The summed E-state index contributed by atoms with van der Waals surface area (Å²) >= 11 is 6.33. The zero-order valence-electron chi connectivity index (χ0n) is 17.7. The predicted molar refractivity (Wildman–Crippen MR) is 119 cm³/mol. The van der Waals surface area contributed by atoms with Crippen LogP contribution in [0.2, 0.25) is 5.02 Å². The van der Waals surface area contributed by atoms with E-state index in [9.17, 15) is 18.3 Å². The second-order valence-corrected chi connectivity index (χ2v) is 9.11. The van der Waals surface area contributed by atoms with Crippen molar-refractivity contribution in [2.24, 2.45) is 11.8 Å². The molecule has 1 aliphatic heterocycles. The Morgan fingerprint density at radius 1 is 1.12 bits per heavy atom. The van der Waals surface area contributed by atoms with Crippen molar-refractivity contribution in [1.82, 2.24) is 14.9 Å². The number of phenols is 1. The number of hydrogen-bond acceptors (Lipinski definition) is 5. The van der Waals surface area contributed by atoms with Crippen LogP contribution in [0.5, 0.6) is 5.75 Å². The number of pyridine rings is 2. The third-order valence-electron chi connectivity index (χ3n) is 5.67. The van der Waals surface area contributed by atoms with Crippen LogP contribution in [-0.2, 0) is 12.7 Å². The lowest BCUT2D eigenvalue weighted by molar-refractivity contribution is -0.137. The molecule has 0 amide bonds. The van der Waals surface area contributed by atoms with Gasteiger partial charge in [-0.1, -0.05) is 25.4 Å². The fourth-order valence-corrected chi connectivity index (χ4v) is 4.71. The maximum Gasteiger partial charge on any atom is 0.417 e. The molecule has 170 valence electrons. The lowest BCUT2D eigenvalue weighted by Crippen LogP contribution is -2.38. The molecule has 1 saturated heterocycles. The molecule has 32 heavy (non-hydrogen) atoms. The van der Waals surface area contributed by atoms with Crippen LogP contribution in [0, 0.1) is 11.8 Å². The van der Waals surface area contributed by atoms with Gasteiger partial charge in [0.05, 0.1) is 22.5 Å². The summed E-state index contributed by atoms with van der Waals surface area (Å²) in [7, 11) is 0. The number of fused-ring (bicyclic) bond motifs is 1. The van der Waals surface area contributed by atoms with Crippen molar-refractivity contribution >= 4 is 34.0 Å². The summed E-state index contributed by atoms with van der Waals surface area (Å²) in [6.07, 6.45) is -1.15. The molecule has 0 radical (unpaired) electrons. The molecule has 3 heterocycles. The molecule has 5 nitrogen and oxygen atoms in total. The monoisotopic (exact) mass is 464 g/mol. The van der Waals surface area contributed by atoms with E-state index in [0.29, 0.717) is 40.3 Å². The van der Waals surface area contributed by atoms with Crippen LogP contribution < -0.4 is 5.32 Å². The standard InChI is InChI=1S/C23H24ClF3N4O/c1-13-5-14(2)11-31(10-13)12-15-6-17(24)8-20(22(15)32)30-18-3-4-28-19-7-16(23(25,26)27)9-29-21(18)19/h3-4,6-9,13-14,32H,5,10-12H2,1-2H3,(H,28,30). The average Bonchev–Trinajstić information content (AvgIpc) is 2.70. The Kier molecular flexibility index (Phi) is 6.18. The summed E-state index contributed by atoms with van der Waals surface area (Å²) in [5.74, 6) is 1.21. The Morgan fingerprint density at radius 2 is 1.84 bits per heavy atom. The molecule has 1 aliphatic rings. The predicted octanol–water partition coefficient (Wildman–Crippen LogP) is 6.23. The van der Waals surface area contributed by atoms with Crippen molar-refractivity contribution in [3.63, 3.8) is 0 Å². The molecule has 3 aromatic rings. The largest absolute Gasteiger partial charge is 0.505 e. The number of benzene rings is 1. The number of hydrogen-bond donors (Lipinski definition) is 2. The van der Waals surface area contributed by atoms with Crippen LogP contribution in [-0.4, -0.2) is 33.1 Å². The van der Waals surface area contributed by atoms with E-state index in [4.69, 9.17) is 11.6 Å². The normalized spacial score (nSPS) is 19.9. The Hall–Kier alpha value is -2.58. The molecule has 1 aromatic carbocycles. The summed E-state index contributed by atoms with van der Waals surface area (Å²) in [4.78, 5) is 10.3. The van der Waals surface area contributed by atoms with E-state index in [-0.39, 0.29) is 16.8 Å². The quantitative estimate of drug-likeness (QED) is 0.448. The summed E-state index contributed by atoms with van der Waals surface area (Å²) in [6.45, 7) is 6.89. The summed E-state index contributed by atoms with van der Waals surface area (Å²) in [6, 6.07) is 5.87. The van der Waals surface area contributed by atoms with Crippen molar-refractivity contribution in [2.75, 3.05) is 18.4 Å². The zero-order chi connectivity index (χ0) is 23.0. The first-order valence-electron chi connectivity index (χ1n) is 10.4. The Balaban J connectivity index is 1.64. The van der Waals surface area contributed by atoms with Gasteiger partial charge in [-0.05, 0) is 42.5 Å². The van der Waals surface area contributed by atoms with Crippen LogP contribution >= 0.6 is 11.6 Å². The van der Waals surface area contributed by atoms with Gasteiger partial charge in [-0.15, -0.1) is 0 Å². The molecule has 0 saturated carbocycles. The molecule has 0 spiro atoms. The van der Waals surface area contributed by atoms with E-state index < -0.39 is 11.7 Å². The van der Waals surface area contributed by atoms with Crippen LogP contribution in [0.1, 0.15) is 31.4 Å². The summed E-state index contributed by atoms with van der Waals surface area (Å²) in [5.41, 5.74) is 0.967. The minimum Gasteiger partial charge on any atom is -0.505 e. The topological polar surface area (TPSA) is 61.3 Å². The smallest absolute Gasteiger partial charge is 0.417 e. The number of piperidine rings is 1. The number of nitrogens with zero attached hydrogens (tertiary/aromatic N) is 3. The van der Waals surface area contributed by atoms with Gasteiger partial charge in [0.15, 0.2) is 0 Å². The maximum atomic E-state index is 13.0. The highest BCUT2D eigenvalue weighted by Crippen LogP contribution is 2.37. The Bertz CT molecular complexity index is 1130. The zero-order valence-corrected chi connectivity index (χ0v) is 18.5. The van der Waals surface area contributed by atoms with Gasteiger partial charge in [0.25, 0.3) is 0 Å². The van der Waals surface area contributed by atoms with Gasteiger partial charge in [-0.3, -0.25) is 14.9 Å². The van der Waals surface area contributed by atoms with E-state index in [1.165, 1.54) is 12.6 Å². The number of anilines is 2. The first kappa shape index (κ1) is 22.6. The molecule has 9 heteroatoms. The van der Waals surface area contributed by atoms with Crippen LogP contribution in [0.25, 0.3) is 11.0 Å². The van der Waals surface area contributed by atoms with Gasteiger partial charge in [-0.25, -0.2) is 0 Å². The number of likely N-dealkylation sites (tertiary alicyclic amines) is 1. The highest BCUT2D eigenvalue weighted by Gasteiger charge is 2.31. The van der Waals surface area contributed by atoms with Gasteiger partial charge in [-0.2, -0.15) is 13.2 Å². The van der Waals surface area contributed by atoms with Crippen LogP contribution in [0.15, 0.2) is 36.7 Å². The molecule has 1 fully saturated rings. The lowest BCUT2D eigenvalue weighted by atomic mass is 9.91. The van der Waals surface area contributed by atoms with Gasteiger partial charge < -0.3 is 10.4 Å². The molecule has 2 N–H and O–H groups in total. The van der Waals surface area contributed by atoms with Gasteiger partial charge in [0, 0.05) is 42.6 Å². The van der Waals surface area contributed by atoms with Crippen molar-refractivity contribution < 1.29 is 18.3 Å². The average molecular weight is 465 g/mol. The van der Waals surface area contributed by atoms with Crippen molar-refractivity contribution in [1.29, 1.82) is 0 Å². The third-order valence-corrected chi connectivity index (χ3v) is 5.88. The molecule has 0 aliphatic carbocycles. The summed E-state index contributed by atoms with van der Waals surface area (Å²) < 4.78 is 39.0. The fraction of sp³-hybridized carbons (Fsp3) is 0.391. The number of nitrogens with one attached hydrogen (secondary N) is 1. The van der Waals surface area contributed by atoms with Gasteiger partial charge in [0.1, 0.15) is 11.3 Å². The number of aromatic hydroxyl groups is 1. The molecule has 4 rings (SSSR count). The highest BCUT2D eigenvalue weighted by molar-refractivity contribution is 6.31. The van der Waals surface area contributed by atoms with Crippen LogP contribution in [0.3, 0.4) is 0 Å². The second-order valence-electron chi connectivity index (χ2n) is 8.67. The second kappa shape index (κ2) is 8.75. The first-order valence-corrected chi connectivity index (χ1v) is 10.8. The molecule has 0 bridgehead atoms. The minimum absolute atomic E-state index is 0.0529. The SMILES string of the molecule is CC1CC(C)CN(Cc2cc(Cl)cc(Nc3ccnc4cc(C(F)(F)F)cnc34)c2O)C1. The molecular formula is C23H24ClF3N4O. The highest BCUT2D eigenvalue weighted by atomic mass is 35.5. The fourth-order valence-electron chi connectivity index (χ4n) is 4.46. The van der Waals surface area contributed by atoms with Crippen molar-refractivity contribution in [2.45, 2.75) is 33.0 Å². The molecule has 2 atom stereocenters.